The molecule has 0 aliphatic rings. The Morgan fingerprint density at radius 2 is 1.63 bits per heavy atom. The number of anilines is 1. The van der Waals surface area contributed by atoms with E-state index in [1.54, 1.807) is 0 Å². The quantitative estimate of drug-likeness (QED) is 0.702. The van der Waals surface area contributed by atoms with Crippen molar-refractivity contribution in [2.24, 2.45) is 5.92 Å². The van der Waals surface area contributed by atoms with E-state index in [0.29, 0.717) is 6.42 Å². The van der Waals surface area contributed by atoms with E-state index in [1.807, 2.05) is 75.4 Å². The van der Waals surface area contributed by atoms with Crippen molar-refractivity contribution in [2.75, 3.05) is 12.4 Å². The fourth-order valence-electron chi connectivity index (χ4n) is 2.85. The molecule has 2 aromatic rings. The second-order valence-corrected chi connectivity index (χ2v) is 7.01. The van der Waals surface area contributed by atoms with Crippen molar-refractivity contribution in [2.45, 2.75) is 39.3 Å². The molecule has 0 fully saturated rings. The Hall–Kier alpha value is -2.66. The standard InChI is InChI=1S/C22H28N2O3/c1-15(2)20(21(25)23-18-12-10-16(3)11-13-18)24-19(22(26)27-4)14-17-8-6-5-7-9-17/h5-13,15,19-20,24H,14H2,1-4H3,(H,23,25)/t19-,20-/m0/s1. The third-order valence-electron chi connectivity index (χ3n) is 4.42. The molecule has 0 aliphatic carbocycles. The maximum atomic E-state index is 12.8. The van der Waals surface area contributed by atoms with Crippen molar-refractivity contribution in [1.29, 1.82) is 0 Å². The topological polar surface area (TPSA) is 67.4 Å². The monoisotopic (exact) mass is 368 g/mol. The maximum absolute atomic E-state index is 12.8. The van der Waals surface area contributed by atoms with Gasteiger partial charge < -0.3 is 10.1 Å². The summed E-state index contributed by atoms with van der Waals surface area (Å²) in [5, 5.41) is 6.12. The van der Waals surface area contributed by atoms with Gasteiger partial charge >= 0.3 is 5.97 Å². The summed E-state index contributed by atoms with van der Waals surface area (Å²) >= 11 is 0. The number of carbonyl (C=O) groups is 2. The van der Waals surface area contributed by atoms with Crippen LogP contribution >= 0.6 is 0 Å². The summed E-state index contributed by atoms with van der Waals surface area (Å²) in [5.41, 5.74) is 2.86. The molecule has 0 spiro atoms. The van der Waals surface area contributed by atoms with Crippen LogP contribution in [0.3, 0.4) is 0 Å². The molecular formula is C22H28N2O3. The lowest BCUT2D eigenvalue weighted by molar-refractivity contribution is -0.143. The van der Waals surface area contributed by atoms with Gasteiger partial charge in [0, 0.05) is 5.69 Å². The molecule has 0 saturated carbocycles. The number of carbonyl (C=O) groups excluding carboxylic acids is 2. The molecule has 0 bridgehead atoms. The minimum Gasteiger partial charge on any atom is -0.468 e. The predicted molar refractivity (Wildman–Crippen MR) is 108 cm³/mol. The summed E-state index contributed by atoms with van der Waals surface area (Å²) in [4.78, 5) is 25.1. The lowest BCUT2D eigenvalue weighted by atomic mass is 9.99. The van der Waals surface area contributed by atoms with Gasteiger partial charge in [0.1, 0.15) is 6.04 Å². The SMILES string of the molecule is COC(=O)[C@H](Cc1ccccc1)N[C@H](C(=O)Nc1ccc(C)cc1)C(C)C. The largest absolute Gasteiger partial charge is 0.468 e. The lowest BCUT2D eigenvalue weighted by Crippen LogP contribution is -2.52. The highest BCUT2D eigenvalue weighted by Crippen LogP contribution is 2.13. The van der Waals surface area contributed by atoms with Crippen LogP contribution in [-0.2, 0) is 20.7 Å². The first-order chi connectivity index (χ1) is 12.9. The van der Waals surface area contributed by atoms with Gasteiger partial charge in [0.25, 0.3) is 0 Å². The smallest absolute Gasteiger partial charge is 0.323 e. The zero-order valence-corrected chi connectivity index (χ0v) is 16.4. The van der Waals surface area contributed by atoms with E-state index in [0.717, 1.165) is 16.8 Å². The number of hydrogen-bond acceptors (Lipinski definition) is 4. The molecule has 1 amide bonds. The zero-order valence-electron chi connectivity index (χ0n) is 16.4. The molecule has 0 heterocycles. The molecule has 0 unspecified atom stereocenters. The second kappa shape index (κ2) is 9.88. The summed E-state index contributed by atoms with van der Waals surface area (Å²) in [6, 6.07) is 16.2. The highest BCUT2D eigenvalue weighted by molar-refractivity contribution is 5.95. The van der Waals surface area contributed by atoms with Crippen LogP contribution in [0.4, 0.5) is 5.69 Å². The molecule has 0 aliphatic heterocycles. The number of hydrogen-bond donors (Lipinski definition) is 2. The summed E-state index contributed by atoms with van der Waals surface area (Å²) in [6.45, 7) is 5.89. The van der Waals surface area contributed by atoms with Crippen LogP contribution in [0.25, 0.3) is 0 Å². The van der Waals surface area contributed by atoms with E-state index in [-0.39, 0.29) is 17.8 Å². The first-order valence-electron chi connectivity index (χ1n) is 9.16. The molecule has 0 saturated heterocycles. The van der Waals surface area contributed by atoms with Crippen molar-refractivity contribution in [3.63, 3.8) is 0 Å². The minimum absolute atomic E-state index is 0.00150. The fraction of sp³-hybridized carbons (Fsp3) is 0.364. The number of esters is 1. The Bertz CT molecular complexity index is 742. The average Bonchev–Trinajstić information content (AvgIpc) is 2.66. The van der Waals surface area contributed by atoms with Gasteiger partial charge in [-0.2, -0.15) is 0 Å². The van der Waals surface area contributed by atoms with Crippen LogP contribution in [0.5, 0.6) is 0 Å². The first kappa shape index (κ1) is 20.6. The van der Waals surface area contributed by atoms with Crippen LogP contribution in [0.1, 0.15) is 25.0 Å². The highest BCUT2D eigenvalue weighted by atomic mass is 16.5. The molecule has 0 radical (unpaired) electrons. The Morgan fingerprint density at radius 1 is 1.00 bits per heavy atom. The molecule has 2 atom stereocenters. The first-order valence-corrected chi connectivity index (χ1v) is 9.16. The molecule has 5 nitrogen and oxygen atoms in total. The second-order valence-electron chi connectivity index (χ2n) is 7.01. The highest BCUT2D eigenvalue weighted by Gasteiger charge is 2.29. The number of methoxy groups -OCH3 is 1. The van der Waals surface area contributed by atoms with E-state index in [9.17, 15) is 9.59 Å². The number of aryl methyl sites for hydroxylation is 1. The molecule has 2 N–H and O–H groups in total. The Balaban J connectivity index is 2.13. The van der Waals surface area contributed by atoms with Crippen molar-refractivity contribution in [1.82, 2.24) is 5.32 Å². The molecule has 0 aromatic heterocycles. The predicted octanol–water partition coefficient (Wildman–Crippen LogP) is 3.33. The van der Waals surface area contributed by atoms with Crippen LogP contribution in [0, 0.1) is 12.8 Å². The number of amides is 1. The normalized spacial score (nSPS) is 13.1. The maximum Gasteiger partial charge on any atom is 0.323 e. The molecular weight excluding hydrogens is 340 g/mol. The van der Waals surface area contributed by atoms with Crippen LogP contribution in [0.15, 0.2) is 54.6 Å². The number of benzene rings is 2. The third-order valence-corrected chi connectivity index (χ3v) is 4.42. The Morgan fingerprint density at radius 3 is 2.19 bits per heavy atom. The van der Waals surface area contributed by atoms with Gasteiger partial charge in [0.05, 0.1) is 13.2 Å². The number of rotatable bonds is 8. The van der Waals surface area contributed by atoms with Gasteiger partial charge in [-0.25, -0.2) is 0 Å². The van der Waals surface area contributed by atoms with Crippen molar-refractivity contribution < 1.29 is 14.3 Å². The van der Waals surface area contributed by atoms with E-state index < -0.39 is 12.1 Å². The average molecular weight is 368 g/mol. The molecule has 2 aromatic carbocycles. The Kier molecular flexibility index (Phi) is 7.55. The van der Waals surface area contributed by atoms with Crippen LogP contribution in [0.2, 0.25) is 0 Å². The van der Waals surface area contributed by atoms with E-state index in [4.69, 9.17) is 4.74 Å². The van der Waals surface area contributed by atoms with Gasteiger partial charge in [-0.15, -0.1) is 0 Å². The van der Waals surface area contributed by atoms with Crippen LogP contribution in [-0.4, -0.2) is 31.1 Å². The van der Waals surface area contributed by atoms with Crippen molar-refractivity contribution in [3.05, 3.63) is 65.7 Å². The van der Waals surface area contributed by atoms with Gasteiger partial charge in [-0.05, 0) is 37.0 Å². The summed E-state index contributed by atoms with van der Waals surface area (Å²) in [6.07, 6.45) is 0.453. The summed E-state index contributed by atoms with van der Waals surface area (Å²) < 4.78 is 4.94. The van der Waals surface area contributed by atoms with E-state index in [1.165, 1.54) is 7.11 Å². The van der Waals surface area contributed by atoms with Gasteiger partial charge in [-0.1, -0.05) is 61.9 Å². The fourth-order valence-corrected chi connectivity index (χ4v) is 2.85. The summed E-state index contributed by atoms with van der Waals surface area (Å²) in [5.74, 6) is -0.554. The van der Waals surface area contributed by atoms with Crippen molar-refractivity contribution in [3.8, 4) is 0 Å². The zero-order chi connectivity index (χ0) is 19.8. The number of ether oxygens (including phenoxy) is 1. The lowest BCUT2D eigenvalue weighted by Gasteiger charge is -2.26. The van der Waals surface area contributed by atoms with E-state index in [2.05, 4.69) is 10.6 Å². The Labute approximate surface area is 161 Å². The minimum atomic E-state index is -0.603. The molecule has 5 heteroatoms. The molecule has 27 heavy (non-hydrogen) atoms. The molecule has 144 valence electrons. The van der Waals surface area contributed by atoms with Crippen LogP contribution < -0.4 is 10.6 Å². The van der Waals surface area contributed by atoms with E-state index >= 15 is 0 Å². The third kappa shape index (κ3) is 6.22. The molecule has 2 rings (SSSR count). The van der Waals surface area contributed by atoms with Gasteiger partial charge in [0.2, 0.25) is 5.91 Å². The summed E-state index contributed by atoms with van der Waals surface area (Å²) in [7, 11) is 1.36. The number of nitrogens with one attached hydrogen (secondary N) is 2. The van der Waals surface area contributed by atoms with Gasteiger partial charge in [0.15, 0.2) is 0 Å². The van der Waals surface area contributed by atoms with Crippen molar-refractivity contribution >= 4 is 17.6 Å². The van der Waals surface area contributed by atoms with Gasteiger partial charge in [-0.3, -0.25) is 14.9 Å².